The van der Waals surface area contributed by atoms with E-state index < -0.39 is 23.8 Å². The molecular formula is C23H21F3N4O3S. The fraction of sp³-hybridized carbons (Fsp3) is 0.261. The van der Waals surface area contributed by atoms with E-state index in [1.165, 1.54) is 19.2 Å². The Balaban J connectivity index is 1.71. The minimum absolute atomic E-state index is 0.00248. The molecule has 1 atom stereocenters. The molecule has 0 bridgehead atoms. The molecule has 0 saturated heterocycles. The lowest BCUT2D eigenvalue weighted by Crippen LogP contribution is -2.27. The van der Waals surface area contributed by atoms with Crippen molar-refractivity contribution >= 4 is 28.1 Å². The number of pyridine rings is 1. The van der Waals surface area contributed by atoms with E-state index in [-0.39, 0.29) is 28.6 Å². The van der Waals surface area contributed by atoms with E-state index in [0.29, 0.717) is 23.9 Å². The molecule has 4 rings (SSSR count). The van der Waals surface area contributed by atoms with E-state index >= 15 is 0 Å². The highest BCUT2D eigenvalue weighted by Gasteiger charge is 2.33. The molecule has 1 amide bonds. The first-order chi connectivity index (χ1) is 16.2. The van der Waals surface area contributed by atoms with Crippen LogP contribution in [0.25, 0.3) is 22.4 Å². The van der Waals surface area contributed by atoms with Gasteiger partial charge in [-0.05, 0) is 49.1 Å². The molecule has 7 nitrogen and oxygen atoms in total. The SMILES string of the molecule is COc1ccc(-c2nc(C(=O)NCCc3cccs3)c([C@H](C)N)o2)c2ccc(C(F)(F)F)nc12. The Morgan fingerprint density at radius 1 is 1.24 bits per heavy atom. The molecule has 1 aromatic carbocycles. The third-order valence-corrected chi connectivity index (χ3v) is 6.02. The Morgan fingerprint density at radius 3 is 2.68 bits per heavy atom. The summed E-state index contributed by atoms with van der Waals surface area (Å²) in [7, 11) is 1.34. The number of alkyl halides is 3. The summed E-state index contributed by atoms with van der Waals surface area (Å²) in [4.78, 5) is 22.0. The first kappa shape index (κ1) is 23.7. The van der Waals surface area contributed by atoms with E-state index in [1.54, 1.807) is 24.3 Å². The number of nitrogens with zero attached hydrogens (tertiary/aromatic N) is 2. The number of fused-ring (bicyclic) bond motifs is 1. The maximum Gasteiger partial charge on any atom is 0.433 e. The zero-order chi connectivity index (χ0) is 24.5. The molecule has 3 heterocycles. The number of methoxy groups -OCH3 is 1. The molecule has 0 spiro atoms. The van der Waals surface area contributed by atoms with Crippen LogP contribution in [0.5, 0.6) is 5.75 Å². The Hall–Kier alpha value is -3.44. The molecule has 0 unspecified atom stereocenters. The molecule has 0 saturated carbocycles. The molecule has 34 heavy (non-hydrogen) atoms. The fourth-order valence-electron chi connectivity index (χ4n) is 3.46. The van der Waals surface area contributed by atoms with Gasteiger partial charge in [-0.3, -0.25) is 4.79 Å². The molecule has 0 aliphatic heterocycles. The summed E-state index contributed by atoms with van der Waals surface area (Å²) in [6, 6.07) is 8.49. The maximum absolute atomic E-state index is 13.2. The highest BCUT2D eigenvalue weighted by atomic mass is 32.1. The second kappa shape index (κ2) is 9.43. The number of halogens is 3. The molecule has 178 valence electrons. The van der Waals surface area contributed by atoms with Gasteiger partial charge >= 0.3 is 6.18 Å². The lowest BCUT2D eigenvalue weighted by atomic mass is 10.1. The first-order valence-corrected chi connectivity index (χ1v) is 11.2. The largest absolute Gasteiger partial charge is 0.494 e. The van der Waals surface area contributed by atoms with E-state index in [4.69, 9.17) is 14.9 Å². The Labute approximate surface area is 196 Å². The van der Waals surface area contributed by atoms with Crippen molar-refractivity contribution in [1.29, 1.82) is 0 Å². The van der Waals surface area contributed by atoms with Crippen LogP contribution in [-0.2, 0) is 12.6 Å². The summed E-state index contributed by atoms with van der Waals surface area (Å²) in [6.07, 6.45) is -3.95. The summed E-state index contributed by atoms with van der Waals surface area (Å²) in [5.74, 6) is -0.0677. The van der Waals surface area contributed by atoms with Gasteiger partial charge in [-0.25, -0.2) is 9.97 Å². The van der Waals surface area contributed by atoms with Gasteiger partial charge in [0.05, 0.1) is 13.2 Å². The number of hydrogen-bond donors (Lipinski definition) is 2. The van der Waals surface area contributed by atoms with Gasteiger partial charge in [0.25, 0.3) is 5.91 Å². The molecular weight excluding hydrogens is 469 g/mol. The molecule has 0 aliphatic carbocycles. The monoisotopic (exact) mass is 490 g/mol. The van der Waals surface area contributed by atoms with Crippen molar-refractivity contribution in [2.24, 2.45) is 5.73 Å². The molecule has 4 aromatic rings. The number of hydrogen-bond acceptors (Lipinski definition) is 7. The molecule has 0 radical (unpaired) electrons. The summed E-state index contributed by atoms with van der Waals surface area (Å²) in [6.45, 7) is 2.05. The smallest absolute Gasteiger partial charge is 0.433 e. The Bertz CT molecular complexity index is 1320. The van der Waals surface area contributed by atoms with Crippen LogP contribution in [0.4, 0.5) is 13.2 Å². The van der Waals surface area contributed by atoms with Crippen LogP contribution in [0, 0.1) is 0 Å². The normalized spacial score (nSPS) is 12.6. The lowest BCUT2D eigenvalue weighted by molar-refractivity contribution is -0.140. The number of benzene rings is 1. The topological polar surface area (TPSA) is 103 Å². The second-order valence-corrected chi connectivity index (χ2v) is 8.54. The quantitative estimate of drug-likeness (QED) is 0.379. The number of ether oxygens (including phenoxy) is 1. The van der Waals surface area contributed by atoms with Crippen molar-refractivity contribution in [2.75, 3.05) is 13.7 Å². The van der Waals surface area contributed by atoms with Crippen LogP contribution >= 0.6 is 11.3 Å². The van der Waals surface area contributed by atoms with Crippen LogP contribution in [0.1, 0.15) is 39.8 Å². The first-order valence-electron chi connectivity index (χ1n) is 10.3. The number of carbonyl (C=O) groups excluding carboxylic acids is 1. The zero-order valence-electron chi connectivity index (χ0n) is 18.3. The predicted octanol–water partition coefficient (Wildman–Crippen LogP) is 4.97. The summed E-state index contributed by atoms with van der Waals surface area (Å²) in [5, 5.41) is 5.10. The second-order valence-electron chi connectivity index (χ2n) is 7.51. The van der Waals surface area contributed by atoms with E-state index in [1.807, 2.05) is 17.5 Å². The van der Waals surface area contributed by atoms with Crippen molar-refractivity contribution in [2.45, 2.75) is 25.6 Å². The Morgan fingerprint density at radius 2 is 2.03 bits per heavy atom. The van der Waals surface area contributed by atoms with Gasteiger partial charge in [-0.15, -0.1) is 11.3 Å². The number of rotatable bonds is 7. The van der Waals surface area contributed by atoms with Gasteiger partial charge < -0.3 is 20.2 Å². The summed E-state index contributed by atoms with van der Waals surface area (Å²) < 4.78 is 50.7. The number of nitrogens with two attached hydrogens (primary N) is 1. The third-order valence-electron chi connectivity index (χ3n) is 5.08. The van der Waals surface area contributed by atoms with Crippen molar-refractivity contribution in [3.8, 4) is 17.2 Å². The standard InChI is InChI=1S/C23H21F3N4O3S/c1-12(27)20-19(21(31)28-10-9-13-4-3-11-34-13)30-22(33-20)15-5-7-16(32-2)18-14(15)6-8-17(29-18)23(24,25)26/h3-8,11-12H,9-10,27H2,1-2H3,(H,28,31)/t12-/m0/s1. The minimum Gasteiger partial charge on any atom is -0.494 e. The molecule has 11 heteroatoms. The van der Waals surface area contributed by atoms with Crippen LogP contribution in [-0.4, -0.2) is 29.5 Å². The van der Waals surface area contributed by atoms with E-state index in [0.717, 1.165) is 10.9 Å². The van der Waals surface area contributed by atoms with Gasteiger partial charge in [0, 0.05) is 22.4 Å². The number of nitrogens with one attached hydrogen (secondary N) is 1. The van der Waals surface area contributed by atoms with Crippen LogP contribution in [0.2, 0.25) is 0 Å². The van der Waals surface area contributed by atoms with E-state index in [9.17, 15) is 18.0 Å². The summed E-state index contributed by atoms with van der Waals surface area (Å²) in [5.41, 5.74) is 5.34. The number of thiophene rings is 1. The third kappa shape index (κ3) is 4.75. The van der Waals surface area contributed by atoms with Crippen molar-refractivity contribution in [1.82, 2.24) is 15.3 Å². The number of oxazole rings is 1. The highest BCUT2D eigenvalue weighted by Crippen LogP contribution is 2.37. The number of carbonyl (C=O) groups is 1. The molecule has 3 N–H and O–H groups in total. The van der Waals surface area contributed by atoms with Crippen molar-refractivity contribution < 1.29 is 27.1 Å². The molecule has 0 aliphatic rings. The van der Waals surface area contributed by atoms with E-state index in [2.05, 4.69) is 15.3 Å². The zero-order valence-corrected chi connectivity index (χ0v) is 19.1. The Kier molecular flexibility index (Phi) is 6.58. The summed E-state index contributed by atoms with van der Waals surface area (Å²) >= 11 is 1.59. The average molecular weight is 491 g/mol. The van der Waals surface area contributed by atoms with Crippen molar-refractivity contribution in [3.63, 3.8) is 0 Å². The van der Waals surface area contributed by atoms with Gasteiger partial charge in [0.15, 0.2) is 11.5 Å². The maximum atomic E-state index is 13.2. The van der Waals surface area contributed by atoms with Crippen LogP contribution in [0.15, 0.2) is 46.2 Å². The number of amides is 1. The predicted molar refractivity (Wildman–Crippen MR) is 122 cm³/mol. The lowest BCUT2D eigenvalue weighted by Gasteiger charge is -2.11. The molecule has 0 fully saturated rings. The van der Waals surface area contributed by atoms with Gasteiger partial charge in [-0.2, -0.15) is 13.2 Å². The average Bonchev–Trinajstić information content (AvgIpc) is 3.47. The van der Waals surface area contributed by atoms with Gasteiger partial charge in [-0.1, -0.05) is 6.07 Å². The highest BCUT2D eigenvalue weighted by molar-refractivity contribution is 7.09. The fourth-order valence-corrected chi connectivity index (χ4v) is 4.17. The molecule has 3 aromatic heterocycles. The van der Waals surface area contributed by atoms with Crippen molar-refractivity contribution in [3.05, 3.63) is 63.8 Å². The minimum atomic E-state index is -4.62. The van der Waals surface area contributed by atoms with Crippen LogP contribution in [0.3, 0.4) is 0 Å². The van der Waals surface area contributed by atoms with Gasteiger partial charge in [0.2, 0.25) is 5.89 Å². The van der Waals surface area contributed by atoms with Gasteiger partial charge in [0.1, 0.15) is 17.0 Å². The van der Waals surface area contributed by atoms with Crippen LogP contribution < -0.4 is 15.8 Å². The number of aromatic nitrogens is 2.